The molecule has 1 saturated heterocycles. The molecule has 1 aliphatic heterocycles. The summed E-state index contributed by atoms with van der Waals surface area (Å²) in [7, 11) is 1.89. The Kier molecular flexibility index (Phi) is 6.50. The molecule has 2 aromatic carbocycles. The highest BCUT2D eigenvalue weighted by molar-refractivity contribution is 5.88. The van der Waals surface area contributed by atoms with Crippen LogP contribution >= 0.6 is 0 Å². The van der Waals surface area contributed by atoms with Crippen molar-refractivity contribution in [1.29, 1.82) is 5.26 Å². The van der Waals surface area contributed by atoms with Crippen LogP contribution in [0.2, 0.25) is 0 Å². The van der Waals surface area contributed by atoms with Gasteiger partial charge in [0.1, 0.15) is 23.4 Å². The lowest BCUT2D eigenvalue weighted by molar-refractivity contribution is -0.135. The summed E-state index contributed by atoms with van der Waals surface area (Å²) in [6.45, 7) is 5.49. The number of rotatable bonds is 6. The summed E-state index contributed by atoms with van der Waals surface area (Å²) in [5.74, 6) is 2.25. The Bertz CT molecular complexity index is 1190. The number of hydrogen-bond acceptors (Lipinski definition) is 4. The third kappa shape index (κ3) is 4.49. The summed E-state index contributed by atoms with van der Waals surface area (Å²) in [5.41, 5.74) is 1.93. The summed E-state index contributed by atoms with van der Waals surface area (Å²) < 4.78 is 8.28. The van der Waals surface area contributed by atoms with Crippen LogP contribution in [0.3, 0.4) is 0 Å². The number of nitriles is 1. The maximum absolute atomic E-state index is 13.3. The third-order valence-corrected chi connectivity index (χ3v) is 6.76. The fourth-order valence-corrected chi connectivity index (χ4v) is 4.74. The van der Waals surface area contributed by atoms with Crippen molar-refractivity contribution in [1.82, 2.24) is 14.5 Å². The minimum Gasteiger partial charge on any atom is -0.456 e. The van der Waals surface area contributed by atoms with Crippen LogP contribution in [0.25, 0.3) is 0 Å². The predicted octanol–water partition coefficient (Wildman–Crippen LogP) is 5.19. The molecule has 0 aliphatic carbocycles. The second-order valence-electron chi connectivity index (χ2n) is 8.79. The standard InChI is InChI=1S/C27H30N4O2/c1-4-27(12-5-6-14-30(3)26(27)32)23-8-7-9-24(17-23)33-25-16-21(10-11-22(25)18-28)19-31-15-13-29-20(31)2/h7-11,13,15-17H,4-6,12,14,19H2,1-3H3. The third-order valence-electron chi connectivity index (χ3n) is 6.76. The number of likely N-dealkylation sites (tertiary alicyclic amines) is 1. The molecular weight excluding hydrogens is 412 g/mol. The molecule has 0 spiro atoms. The Labute approximate surface area is 195 Å². The first-order chi connectivity index (χ1) is 16.0. The van der Waals surface area contributed by atoms with Crippen LogP contribution in [0.4, 0.5) is 0 Å². The maximum atomic E-state index is 13.3. The number of amides is 1. The molecule has 4 rings (SSSR count). The minimum absolute atomic E-state index is 0.176. The van der Waals surface area contributed by atoms with E-state index in [2.05, 4.69) is 18.0 Å². The Balaban J connectivity index is 1.66. The number of aryl methyl sites for hydroxylation is 1. The van der Waals surface area contributed by atoms with Gasteiger partial charge in [-0.2, -0.15) is 5.26 Å². The molecule has 3 aromatic rings. The zero-order chi connectivity index (χ0) is 23.4. The average molecular weight is 443 g/mol. The highest BCUT2D eigenvalue weighted by atomic mass is 16.5. The molecule has 6 heteroatoms. The Morgan fingerprint density at radius 2 is 2.06 bits per heavy atom. The van der Waals surface area contributed by atoms with Gasteiger partial charge in [-0.25, -0.2) is 4.98 Å². The molecule has 0 N–H and O–H groups in total. The molecule has 1 unspecified atom stereocenters. The number of ether oxygens (including phenoxy) is 1. The van der Waals surface area contributed by atoms with E-state index in [0.717, 1.165) is 49.2 Å². The van der Waals surface area contributed by atoms with Gasteiger partial charge in [0.2, 0.25) is 5.91 Å². The Morgan fingerprint density at radius 3 is 2.79 bits per heavy atom. The quantitative estimate of drug-likeness (QED) is 0.526. The first kappa shape index (κ1) is 22.6. The number of benzene rings is 2. The zero-order valence-electron chi connectivity index (χ0n) is 19.5. The van der Waals surface area contributed by atoms with Crippen LogP contribution < -0.4 is 4.74 Å². The molecular formula is C27H30N4O2. The summed E-state index contributed by atoms with van der Waals surface area (Å²) in [6.07, 6.45) is 7.32. The topological polar surface area (TPSA) is 71.2 Å². The normalized spacial score (nSPS) is 18.6. The number of hydrogen-bond donors (Lipinski definition) is 0. The highest BCUT2D eigenvalue weighted by Gasteiger charge is 2.41. The lowest BCUT2D eigenvalue weighted by Crippen LogP contribution is -2.43. The van der Waals surface area contributed by atoms with Gasteiger partial charge in [-0.3, -0.25) is 4.79 Å². The Hall–Kier alpha value is -3.59. The number of carbonyl (C=O) groups is 1. The molecule has 33 heavy (non-hydrogen) atoms. The summed E-state index contributed by atoms with van der Waals surface area (Å²) in [6, 6.07) is 15.7. The van der Waals surface area contributed by atoms with Gasteiger partial charge in [-0.05, 0) is 61.6 Å². The molecule has 0 bridgehead atoms. The second-order valence-corrected chi connectivity index (χ2v) is 8.79. The smallest absolute Gasteiger partial charge is 0.232 e. The molecule has 0 saturated carbocycles. The number of aromatic nitrogens is 2. The van der Waals surface area contributed by atoms with Gasteiger partial charge in [0.05, 0.1) is 11.0 Å². The van der Waals surface area contributed by atoms with Crippen molar-refractivity contribution in [3.05, 3.63) is 77.4 Å². The minimum atomic E-state index is -0.538. The van der Waals surface area contributed by atoms with Crippen molar-refractivity contribution in [3.8, 4) is 17.6 Å². The second kappa shape index (κ2) is 9.50. The van der Waals surface area contributed by atoms with E-state index in [1.54, 1.807) is 12.3 Å². The summed E-state index contributed by atoms with van der Waals surface area (Å²) in [5, 5.41) is 9.63. The van der Waals surface area contributed by atoms with Crippen LogP contribution in [0.15, 0.2) is 54.9 Å². The molecule has 1 amide bonds. The van der Waals surface area contributed by atoms with E-state index >= 15 is 0 Å². The highest BCUT2D eigenvalue weighted by Crippen LogP contribution is 2.39. The number of likely N-dealkylation sites (N-methyl/N-ethyl adjacent to an activating group) is 1. The monoisotopic (exact) mass is 442 g/mol. The lowest BCUT2D eigenvalue weighted by atomic mass is 9.73. The van der Waals surface area contributed by atoms with Gasteiger partial charge in [0, 0.05) is 32.5 Å². The van der Waals surface area contributed by atoms with Crippen LogP contribution in [0.5, 0.6) is 11.5 Å². The molecule has 1 fully saturated rings. The SMILES string of the molecule is CCC1(c2cccc(Oc3cc(Cn4ccnc4C)ccc3C#N)c2)CCCCN(C)C1=O. The largest absolute Gasteiger partial charge is 0.456 e. The molecule has 1 atom stereocenters. The summed E-state index contributed by atoms with van der Waals surface area (Å²) >= 11 is 0. The van der Waals surface area contributed by atoms with Gasteiger partial charge < -0.3 is 14.2 Å². The van der Waals surface area contributed by atoms with E-state index in [4.69, 9.17) is 4.74 Å². The van der Waals surface area contributed by atoms with E-state index < -0.39 is 5.41 Å². The van der Waals surface area contributed by atoms with E-state index in [1.807, 2.05) is 66.0 Å². The fourth-order valence-electron chi connectivity index (χ4n) is 4.74. The zero-order valence-corrected chi connectivity index (χ0v) is 19.5. The maximum Gasteiger partial charge on any atom is 0.232 e. The summed E-state index contributed by atoms with van der Waals surface area (Å²) in [4.78, 5) is 19.5. The number of carbonyl (C=O) groups excluding carboxylic acids is 1. The molecule has 1 aliphatic rings. The van der Waals surface area contributed by atoms with Crippen LogP contribution in [0, 0.1) is 18.3 Å². The van der Waals surface area contributed by atoms with Gasteiger partial charge >= 0.3 is 0 Å². The molecule has 170 valence electrons. The molecule has 6 nitrogen and oxygen atoms in total. The number of nitrogens with zero attached hydrogens (tertiary/aromatic N) is 4. The van der Waals surface area contributed by atoms with E-state index in [-0.39, 0.29) is 5.91 Å². The van der Waals surface area contributed by atoms with Crippen molar-refractivity contribution < 1.29 is 9.53 Å². The van der Waals surface area contributed by atoms with Crippen molar-refractivity contribution in [2.24, 2.45) is 0 Å². The van der Waals surface area contributed by atoms with Crippen LogP contribution in [-0.4, -0.2) is 34.0 Å². The van der Waals surface area contributed by atoms with E-state index in [0.29, 0.717) is 23.6 Å². The molecule has 1 aromatic heterocycles. The van der Waals surface area contributed by atoms with E-state index in [9.17, 15) is 10.1 Å². The first-order valence-electron chi connectivity index (χ1n) is 11.5. The van der Waals surface area contributed by atoms with Crippen molar-refractivity contribution in [2.75, 3.05) is 13.6 Å². The molecule has 2 heterocycles. The van der Waals surface area contributed by atoms with Crippen molar-refractivity contribution in [3.63, 3.8) is 0 Å². The van der Waals surface area contributed by atoms with Crippen molar-refractivity contribution in [2.45, 2.75) is 51.5 Å². The van der Waals surface area contributed by atoms with Gasteiger partial charge in [0.25, 0.3) is 0 Å². The molecule has 0 radical (unpaired) electrons. The number of imidazole rings is 1. The lowest BCUT2D eigenvalue weighted by Gasteiger charge is -2.33. The van der Waals surface area contributed by atoms with Gasteiger partial charge in [0.15, 0.2) is 0 Å². The van der Waals surface area contributed by atoms with Crippen LogP contribution in [-0.2, 0) is 16.8 Å². The van der Waals surface area contributed by atoms with Crippen molar-refractivity contribution >= 4 is 5.91 Å². The predicted molar refractivity (Wildman–Crippen MR) is 127 cm³/mol. The van der Waals surface area contributed by atoms with Crippen LogP contribution in [0.1, 0.15) is 55.1 Å². The van der Waals surface area contributed by atoms with Gasteiger partial charge in [-0.1, -0.05) is 31.5 Å². The Morgan fingerprint density at radius 1 is 1.21 bits per heavy atom. The first-order valence-corrected chi connectivity index (χ1v) is 11.5. The average Bonchev–Trinajstić information content (AvgIpc) is 3.16. The van der Waals surface area contributed by atoms with Gasteiger partial charge in [-0.15, -0.1) is 0 Å². The van der Waals surface area contributed by atoms with E-state index in [1.165, 1.54) is 0 Å². The fraction of sp³-hybridized carbons (Fsp3) is 0.370.